The van der Waals surface area contributed by atoms with Crippen molar-refractivity contribution in [2.24, 2.45) is 5.41 Å². The highest BCUT2D eigenvalue weighted by atomic mass is 35.5. The summed E-state index contributed by atoms with van der Waals surface area (Å²) >= 11 is 6.32. The molecule has 0 saturated carbocycles. The Hall–Kier alpha value is -1.03. The standard InChI is InChI=1S/C12H19ClN2O2/c1-12(2,3)8(13)6-9-14-10(16-4)7-11(15-9)17-5/h7-8H,6H2,1-5H3. The number of alkyl halides is 1. The maximum Gasteiger partial charge on any atom is 0.220 e. The lowest BCUT2D eigenvalue weighted by atomic mass is 9.90. The smallest absolute Gasteiger partial charge is 0.220 e. The molecule has 4 nitrogen and oxygen atoms in total. The van der Waals surface area contributed by atoms with Crippen LogP contribution in [0.2, 0.25) is 0 Å². The van der Waals surface area contributed by atoms with Gasteiger partial charge < -0.3 is 9.47 Å². The maximum absolute atomic E-state index is 6.32. The molecule has 1 unspecified atom stereocenters. The van der Waals surface area contributed by atoms with Gasteiger partial charge in [-0.05, 0) is 5.41 Å². The predicted octanol–water partition coefficient (Wildman–Crippen LogP) is 2.69. The Bertz CT molecular complexity index is 355. The van der Waals surface area contributed by atoms with Crippen LogP contribution in [0.5, 0.6) is 11.8 Å². The van der Waals surface area contributed by atoms with Crippen LogP contribution in [0.15, 0.2) is 6.07 Å². The Labute approximate surface area is 107 Å². The maximum atomic E-state index is 6.32. The van der Waals surface area contributed by atoms with Gasteiger partial charge >= 0.3 is 0 Å². The van der Waals surface area contributed by atoms with Crippen LogP contribution in [-0.4, -0.2) is 29.6 Å². The van der Waals surface area contributed by atoms with Gasteiger partial charge in [0.05, 0.1) is 20.3 Å². The van der Waals surface area contributed by atoms with Crippen LogP contribution in [-0.2, 0) is 6.42 Å². The van der Waals surface area contributed by atoms with Crippen LogP contribution in [0.3, 0.4) is 0 Å². The molecule has 0 fully saturated rings. The van der Waals surface area contributed by atoms with E-state index in [2.05, 4.69) is 30.7 Å². The largest absolute Gasteiger partial charge is 0.481 e. The zero-order chi connectivity index (χ0) is 13.1. The summed E-state index contributed by atoms with van der Waals surface area (Å²) in [6, 6.07) is 1.64. The molecule has 1 aromatic rings. The van der Waals surface area contributed by atoms with E-state index in [4.69, 9.17) is 21.1 Å². The quantitative estimate of drug-likeness (QED) is 0.779. The van der Waals surface area contributed by atoms with E-state index in [0.29, 0.717) is 24.0 Å². The van der Waals surface area contributed by atoms with Gasteiger partial charge in [-0.3, -0.25) is 0 Å². The van der Waals surface area contributed by atoms with E-state index in [0.717, 1.165) is 0 Å². The second kappa shape index (κ2) is 5.54. The molecular formula is C12H19ClN2O2. The first kappa shape index (κ1) is 14.0. The molecule has 0 amide bonds. The first-order chi connectivity index (χ1) is 7.86. The molecule has 0 aromatic carbocycles. The topological polar surface area (TPSA) is 44.2 Å². The molecule has 1 aromatic heterocycles. The highest BCUT2D eigenvalue weighted by Crippen LogP contribution is 2.27. The number of hydrogen-bond donors (Lipinski definition) is 0. The Balaban J connectivity index is 2.90. The summed E-state index contributed by atoms with van der Waals surface area (Å²) in [5, 5.41) is -0.0423. The van der Waals surface area contributed by atoms with E-state index in [9.17, 15) is 0 Å². The van der Waals surface area contributed by atoms with Gasteiger partial charge in [-0.2, -0.15) is 9.97 Å². The van der Waals surface area contributed by atoms with Crippen molar-refractivity contribution < 1.29 is 9.47 Å². The summed E-state index contributed by atoms with van der Waals surface area (Å²) in [7, 11) is 3.13. The van der Waals surface area contributed by atoms with E-state index in [1.54, 1.807) is 20.3 Å². The van der Waals surface area contributed by atoms with E-state index < -0.39 is 0 Å². The third kappa shape index (κ3) is 4.04. The minimum Gasteiger partial charge on any atom is -0.481 e. The summed E-state index contributed by atoms with van der Waals surface area (Å²) in [4.78, 5) is 8.51. The monoisotopic (exact) mass is 258 g/mol. The molecule has 96 valence electrons. The lowest BCUT2D eigenvalue weighted by molar-refractivity contribution is 0.357. The van der Waals surface area contributed by atoms with Crippen LogP contribution in [0.25, 0.3) is 0 Å². The lowest BCUT2D eigenvalue weighted by Gasteiger charge is -2.24. The van der Waals surface area contributed by atoms with Crippen molar-refractivity contribution in [1.82, 2.24) is 9.97 Å². The Morgan fingerprint density at radius 2 is 1.65 bits per heavy atom. The van der Waals surface area contributed by atoms with Gasteiger partial charge in [0.25, 0.3) is 0 Å². The Morgan fingerprint density at radius 3 is 2.00 bits per heavy atom. The van der Waals surface area contributed by atoms with Crippen LogP contribution in [0, 0.1) is 5.41 Å². The first-order valence-electron chi connectivity index (χ1n) is 5.47. The zero-order valence-electron chi connectivity index (χ0n) is 11.0. The minimum atomic E-state index is -0.0423. The van der Waals surface area contributed by atoms with Crippen LogP contribution in [0.1, 0.15) is 26.6 Å². The molecule has 1 heterocycles. The van der Waals surface area contributed by atoms with Crippen molar-refractivity contribution in [3.05, 3.63) is 11.9 Å². The molecule has 1 rings (SSSR count). The molecule has 5 heteroatoms. The second-order valence-corrected chi connectivity index (χ2v) is 5.43. The van der Waals surface area contributed by atoms with Crippen molar-refractivity contribution in [3.63, 3.8) is 0 Å². The van der Waals surface area contributed by atoms with Gasteiger partial charge in [0.2, 0.25) is 11.8 Å². The number of nitrogens with zero attached hydrogens (tertiary/aromatic N) is 2. The van der Waals surface area contributed by atoms with Crippen LogP contribution < -0.4 is 9.47 Å². The normalized spacial score (nSPS) is 13.3. The van der Waals surface area contributed by atoms with E-state index in [1.807, 2.05) is 0 Å². The molecule has 0 bridgehead atoms. The third-order valence-corrected chi connectivity index (χ3v) is 3.25. The fourth-order valence-corrected chi connectivity index (χ4v) is 1.35. The molecule has 0 N–H and O–H groups in total. The summed E-state index contributed by atoms with van der Waals surface area (Å²) in [6.45, 7) is 6.26. The van der Waals surface area contributed by atoms with Crippen LogP contribution >= 0.6 is 11.6 Å². The van der Waals surface area contributed by atoms with E-state index in [1.165, 1.54) is 0 Å². The van der Waals surface area contributed by atoms with Gasteiger partial charge in [0.1, 0.15) is 5.82 Å². The molecule has 0 aliphatic rings. The molecular weight excluding hydrogens is 240 g/mol. The average molecular weight is 259 g/mol. The average Bonchev–Trinajstić information content (AvgIpc) is 2.27. The molecule has 0 radical (unpaired) electrons. The van der Waals surface area contributed by atoms with Gasteiger partial charge in [0, 0.05) is 11.8 Å². The Morgan fingerprint density at radius 1 is 1.18 bits per heavy atom. The number of aromatic nitrogens is 2. The number of ether oxygens (including phenoxy) is 2. The van der Waals surface area contributed by atoms with Gasteiger partial charge in [-0.1, -0.05) is 20.8 Å². The minimum absolute atomic E-state index is 0.00122. The van der Waals surface area contributed by atoms with Gasteiger partial charge in [0.15, 0.2) is 0 Å². The zero-order valence-corrected chi connectivity index (χ0v) is 11.7. The highest BCUT2D eigenvalue weighted by Gasteiger charge is 2.24. The van der Waals surface area contributed by atoms with Crippen LogP contribution in [0.4, 0.5) is 0 Å². The number of rotatable bonds is 4. The predicted molar refractivity (Wildman–Crippen MR) is 67.9 cm³/mol. The molecule has 1 atom stereocenters. The van der Waals surface area contributed by atoms with Crippen molar-refractivity contribution in [2.45, 2.75) is 32.6 Å². The van der Waals surface area contributed by atoms with Gasteiger partial charge in [-0.15, -0.1) is 11.6 Å². The van der Waals surface area contributed by atoms with E-state index in [-0.39, 0.29) is 10.8 Å². The van der Waals surface area contributed by atoms with Gasteiger partial charge in [-0.25, -0.2) is 0 Å². The van der Waals surface area contributed by atoms with Crippen molar-refractivity contribution >= 4 is 11.6 Å². The Kier molecular flexibility index (Phi) is 4.57. The molecule has 17 heavy (non-hydrogen) atoms. The van der Waals surface area contributed by atoms with Crippen molar-refractivity contribution in [2.75, 3.05) is 14.2 Å². The second-order valence-electron chi connectivity index (χ2n) is 4.91. The molecule has 0 aliphatic carbocycles. The fourth-order valence-electron chi connectivity index (χ4n) is 1.22. The summed E-state index contributed by atoms with van der Waals surface area (Å²) in [6.07, 6.45) is 0.582. The molecule has 0 saturated heterocycles. The number of halogens is 1. The summed E-state index contributed by atoms with van der Waals surface area (Å²) in [5.74, 6) is 1.62. The molecule has 0 aliphatic heterocycles. The number of methoxy groups -OCH3 is 2. The van der Waals surface area contributed by atoms with Crippen molar-refractivity contribution in [3.8, 4) is 11.8 Å². The highest BCUT2D eigenvalue weighted by molar-refractivity contribution is 6.21. The first-order valence-corrected chi connectivity index (χ1v) is 5.90. The summed E-state index contributed by atoms with van der Waals surface area (Å²) < 4.78 is 10.2. The summed E-state index contributed by atoms with van der Waals surface area (Å²) in [5.41, 5.74) is 0.00122. The number of hydrogen-bond acceptors (Lipinski definition) is 4. The lowest BCUT2D eigenvalue weighted by Crippen LogP contribution is -2.24. The van der Waals surface area contributed by atoms with E-state index >= 15 is 0 Å². The van der Waals surface area contributed by atoms with Crippen molar-refractivity contribution in [1.29, 1.82) is 0 Å². The third-order valence-electron chi connectivity index (χ3n) is 2.45. The SMILES string of the molecule is COc1cc(OC)nc(CC(Cl)C(C)(C)C)n1. The molecule has 0 spiro atoms. The fraction of sp³-hybridized carbons (Fsp3) is 0.667.